The first-order valence-electron chi connectivity index (χ1n) is 6.52. The standard InChI is InChI=1S/C16H24O2/c1-6-16(5,18)14(17)11-12-7-9-13(10-8-12)15(2,3)4/h7-10,18H,6,11H2,1-5H3. The third-order valence-electron chi connectivity index (χ3n) is 3.47. The summed E-state index contributed by atoms with van der Waals surface area (Å²) in [7, 11) is 0. The lowest BCUT2D eigenvalue weighted by atomic mass is 9.86. The number of hydrogen-bond acceptors (Lipinski definition) is 2. The van der Waals surface area contributed by atoms with E-state index in [0.29, 0.717) is 12.8 Å². The van der Waals surface area contributed by atoms with E-state index in [2.05, 4.69) is 32.9 Å². The Hall–Kier alpha value is -1.15. The maximum atomic E-state index is 11.9. The van der Waals surface area contributed by atoms with Crippen molar-refractivity contribution in [2.45, 2.75) is 58.5 Å². The lowest BCUT2D eigenvalue weighted by Gasteiger charge is -2.21. The van der Waals surface area contributed by atoms with Crippen LogP contribution in [0, 0.1) is 0 Å². The average Bonchev–Trinajstić information content (AvgIpc) is 2.28. The molecule has 0 saturated heterocycles. The molecule has 1 N–H and O–H groups in total. The summed E-state index contributed by atoms with van der Waals surface area (Å²) in [6.07, 6.45) is 0.747. The summed E-state index contributed by atoms with van der Waals surface area (Å²) >= 11 is 0. The Bertz CT molecular complexity index is 408. The quantitative estimate of drug-likeness (QED) is 0.888. The molecule has 0 aliphatic rings. The van der Waals surface area contributed by atoms with Crippen LogP contribution in [0.3, 0.4) is 0 Å². The molecule has 0 radical (unpaired) electrons. The molecule has 0 heterocycles. The molecule has 0 spiro atoms. The number of ketones is 1. The number of carbonyl (C=O) groups excluding carboxylic acids is 1. The SMILES string of the molecule is CCC(C)(O)C(=O)Cc1ccc(C(C)(C)C)cc1. The Morgan fingerprint density at radius 1 is 1.11 bits per heavy atom. The van der Waals surface area contributed by atoms with E-state index in [9.17, 15) is 9.90 Å². The van der Waals surface area contributed by atoms with Gasteiger partial charge >= 0.3 is 0 Å². The summed E-state index contributed by atoms with van der Waals surface area (Å²) < 4.78 is 0. The molecule has 0 amide bonds. The van der Waals surface area contributed by atoms with Gasteiger partial charge in [-0.1, -0.05) is 52.0 Å². The Balaban J connectivity index is 2.79. The van der Waals surface area contributed by atoms with Crippen LogP contribution in [0.5, 0.6) is 0 Å². The van der Waals surface area contributed by atoms with Gasteiger partial charge in [0.05, 0.1) is 0 Å². The van der Waals surface area contributed by atoms with Gasteiger partial charge in [-0.15, -0.1) is 0 Å². The number of Topliss-reactive ketones (excluding diaryl/α,β-unsaturated/α-hetero) is 1. The zero-order valence-electron chi connectivity index (χ0n) is 12.1. The van der Waals surface area contributed by atoms with Crippen LogP contribution in [0.1, 0.15) is 52.2 Å². The maximum absolute atomic E-state index is 11.9. The molecular formula is C16H24O2. The van der Waals surface area contributed by atoms with Crippen molar-refractivity contribution in [3.8, 4) is 0 Å². The topological polar surface area (TPSA) is 37.3 Å². The molecule has 0 aromatic heterocycles. The second-order valence-corrected chi connectivity index (χ2v) is 6.17. The molecule has 1 aromatic rings. The van der Waals surface area contributed by atoms with E-state index in [0.717, 1.165) is 5.56 Å². The zero-order valence-corrected chi connectivity index (χ0v) is 12.1. The molecule has 18 heavy (non-hydrogen) atoms. The monoisotopic (exact) mass is 248 g/mol. The van der Waals surface area contributed by atoms with E-state index in [-0.39, 0.29) is 11.2 Å². The molecule has 1 atom stereocenters. The summed E-state index contributed by atoms with van der Waals surface area (Å²) in [4.78, 5) is 11.9. The average molecular weight is 248 g/mol. The first kappa shape index (κ1) is 14.9. The van der Waals surface area contributed by atoms with Crippen molar-refractivity contribution in [1.82, 2.24) is 0 Å². The van der Waals surface area contributed by atoms with Crippen LogP contribution < -0.4 is 0 Å². The highest BCUT2D eigenvalue weighted by atomic mass is 16.3. The molecule has 1 rings (SSSR count). The van der Waals surface area contributed by atoms with Crippen molar-refractivity contribution in [3.63, 3.8) is 0 Å². The van der Waals surface area contributed by atoms with E-state index in [4.69, 9.17) is 0 Å². The summed E-state index contributed by atoms with van der Waals surface area (Å²) in [6.45, 7) is 9.89. The predicted molar refractivity (Wildman–Crippen MR) is 74.8 cm³/mol. The second-order valence-electron chi connectivity index (χ2n) is 6.17. The molecule has 0 aliphatic carbocycles. The van der Waals surface area contributed by atoms with Crippen LogP contribution in [-0.4, -0.2) is 16.5 Å². The number of aliphatic hydroxyl groups is 1. The molecule has 0 saturated carbocycles. The van der Waals surface area contributed by atoms with Gasteiger partial charge < -0.3 is 5.11 Å². The Labute approximate surface area is 110 Å². The minimum absolute atomic E-state index is 0.117. The molecule has 0 fully saturated rings. The van der Waals surface area contributed by atoms with Crippen LogP contribution in [0.2, 0.25) is 0 Å². The molecule has 1 aromatic carbocycles. The van der Waals surface area contributed by atoms with Crippen LogP contribution in [0.25, 0.3) is 0 Å². The van der Waals surface area contributed by atoms with Crippen molar-refractivity contribution in [2.75, 3.05) is 0 Å². The van der Waals surface area contributed by atoms with Crippen molar-refractivity contribution in [1.29, 1.82) is 0 Å². The van der Waals surface area contributed by atoms with Gasteiger partial charge in [0.15, 0.2) is 5.78 Å². The predicted octanol–water partition coefficient (Wildman–Crippen LogP) is 3.26. The minimum Gasteiger partial charge on any atom is -0.382 e. The molecule has 100 valence electrons. The Morgan fingerprint density at radius 2 is 1.61 bits per heavy atom. The van der Waals surface area contributed by atoms with E-state index in [1.807, 2.05) is 19.1 Å². The van der Waals surface area contributed by atoms with Gasteiger partial charge in [-0.25, -0.2) is 0 Å². The fourth-order valence-corrected chi connectivity index (χ4v) is 1.70. The second kappa shape index (κ2) is 5.23. The van der Waals surface area contributed by atoms with Crippen LogP contribution >= 0.6 is 0 Å². The number of hydrogen-bond donors (Lipinski definition) is 1. The maximum Gasteiger partial charge on any atom is 0.168 e. The summed E-state index contributed by atoms with van der Waals surface area (Å²) in [5.41, 5.74) is 1.13. The lowest BCUT2D eigenvalue weighted by Crippen LogP contribution is -2.35. The lowest BCUT2D eigenvalue weighted by molar-refractivity contribution is -0.135. The van der Waals surface area contributed by atoms with Gasteiger partial charge in [0, 0.05) is 6.42 Å². The Morgan fingerprint density at radius 3 is 2.00 bits per heavy atom. The summed E-state index contributed by atoms with van der Waals surface area (Å²) in [5, 5.41) is 9.89. The van der Waals surface area contributed by atoms with Crippen molar-refractivity contribution < 1.29 is 9.90 Å². The summed E-state index contributed by atoms with van der Waals surface area (Å²) in [5.74, 6) is -0.117. The van der Waals surface area contributed by atoms with E-state index in [1.165, 1.54) is 5.56 Å². The normalized spacial score (nSPS) is 15.2. The molecule has 0 bridgehead atoms. The number of benzene rings is 1. The smallest absolute Gasteiger partial charge is 0.168 e. The van der Waals surface area contributed by atoms with Gasteiger partial charge in [-0.05, 0) is 29.9 Å². The van der Waals surface area contributed by atoms with Gasteiger partial charge in [0.1, 0.15) is 5.60 Å². The molecule has 2 nitrogen and oxygen atoms in total. The van der Waals surface area contributed by atoms with Gasteiger partial charge in [-0.2, -0.15) is 0 Å². The highest BCUT2D eigenvalue weighted by Gasteiger charge is 2.27. The van der Waals surface area contributed by atoms with Crippen LogP contribution in [0.15, 0.2) is 24.3 Å². The Kier molecular flexibility index (Phi) is 4.33. The third-order valence-corrected chi connectivity index (χ3v) is 3.47. The van der Waals surface area contributed by atoms with E-state index >= 15 is 0 Å². The number of rotatable bonds is 4. The first-order chi connectivity index (χ1) is 8.16. The highest BCUT2D eigenvalue weighted by Crippen LogP contribution is 2.23. The van der Waals surface area contributed by atoms with Gasteiger partial charge in [-0.3, -0.25) is 4.79 Å². The van der Waals surface area contributed by atoms with Crippen LogP contribution in [-0.2, 0) is 16.6 Å². The van der Waals surface area contributed by atoms with E-state index < -0.39 is 5.60 Å². The van der Waals surface area contributed by atoms with Gasteiger partial charge in [0.2, 0.25) is 0 Å². The molecule has 1 unspecified atom stereocenters. The van der Waals surface area contributed by atoms with E-state index in [1.54, 1.807) is 6.92 Å². The van der Waals surface area contributed by atoms with Gasteiger partial charge in [0.25, 0.3) is 0 Å². The zero-order chi connectivity index (χ0) is 14.0. The number of carbonyl (C=O) groups is 1. The first-order valence-corrected chi connectivity index (χ1v) is 6.52. The van der Waals surface area contributed by atoms with Crippen molar-refractivity contribution in [3.05, 3.63) is 35.4 Å². The van der Waals surface area contributed by atoms with Crippen molar-refractivity contribution in [2.24, 2.45) is 0 Å². The molecular weight excluding hydrogens is 224 g/mol. The van der Waals surface area contributed by atoms with Crippen LogP contribution in [0.4, 0.5) is 0 Å². The summed E-state index contributed by atoms with van der Waals surface area (Å²) in [6, 6.07) is 8.07. The largest absolute Gasteiger partial charge is 0.382 e. The minimum atomic E-state index is -1.21. The fraction of sp³-hybridized carbons (Fsp3) is 0.562. The highest BCUT2D eigenvalue weighted by molar-refractivity contribution is 5.88. The third kappa shape index (κ3) is 3.67. The molecule has 0 aliphatic heterocycles. The van der Waals surface area contributed by atoms with Crippen molar-refractivity contribution >= 4 is 5.78 Å². The molecule has 2 heteroatoms. The fourth-order valence-electron chi connectivity index (χ4n) is 1.70.